The van der Waals surface area contributed by atoms with E-state index in [1.807, 2.05) is 95.4 Å². The van der Waals surface area contributed by atoms with Crippen molar-refractivity contribution in [3.05, 3.63) is 54.7 Å². The molecule has 9 heterocycles. The second-order valence-electron chi connectivity index (χ2n) is 27.2. The number of hydrogen-bond acceptors (Lipinski definition) is 15. The molecule has 3 aromatic heterocycles. The van der Waals surface area contributed by atoms with Gasteiger partial charge < -0.3 is 62.5 Å². The van der Waals surface area contributed by atoms with Gasteiger partial charge in [-0.2, -0.15) is 0 Å². The molecule has 23 heteroatoms. The Morgan fingerprint density at radius 2 is 0.881 bits per heavy atom. The van der Waals surface area contributed by atoms with Crippen LogP contribution in [0.15, 0.2) is 37.2 Å². The molecule has 3 spiro atoms. The lowest BCUT2D eigenvalue weighted by molar-refractivity contribution is -0.144. The third-order valence-corrected chi connectivity index (χ3v) is 18.3. The van der Waals surface area contributed by atoms with Crippen LogP contribution in [0.3, 0.4) is 0 Å². The third kappa shape index (κ3) is 17.2. The third-order valence-electron chi connectivity index (χ3n) is 18.2. The van der Waals surface area contributed by atoms with E-state index in [0.29, 0.717) is 79.6 Å². The van der Waals surface area contributed by atoms with Gasteiger partial charge in [0.25, 0.3) is 0 Å². The molecule has 1 N–H and O–H groups in total. The molecular formula is C61H98Cl2N12O9. The number of halogens is 2. The van der Waals surface area contributed by atoms with E-state index >= 15 is 0 Å². The number of likely N-dealkylation sites (tertiary alicyclic amines) is 5. The van der Waals surface area contributed by atoms with Gasteiger partial charge in [0.2, 0.25) is 0 Å². The number of hydrogen-bond donors (Lipinski definition) is 1. The Labute approximate surface area is 509 Å². The minimum atomic E-state index is -0.738. The van der Waals surface area contributed by atoms with Crippen LogP contribution in [0.1, 0.15) is 168 Å². The van der Waals surface area contributed by atoms with Crippen molar-refractivity contribution in [3.63, 3.8) is 0 Å². The van der Waals surface area contributed by atoms with E-state index in [-0.39, 0.29) is 36.1 Å². The molecule has 9 fully saturated rings. The first-order valence-electron chi connectivity index (χ1n) is 30.6. The van der Waals surface area contributed by atoms with Gasteiger partial charge in [0, 0.05) is 168 Å². The smallest absolute Gasteiger partial charge is 0.410 e. The minimum Gasteiger partial charge on any atom is -0.454 e. The Morgan fingerprint density at radius 1 is 0.548 bits per heavy atom. The number of aryl methyl sites for hydroxylation is 3. The molecule has 21 nitrogen and oxygen atoms in total. The van der Waals surface area contributed by atoms with Crippen molar-refractivity contribution in [1.82, 2.24) is 58.5 Å². The number of aromatic nitrogens is 6. The fraction of sp³-hybridized carbons (Fsp3) is 0.770. The van der Waals surface area contributed by atoms with Crippen molar-refractivity contribution >= 4 is 53.5 Å². The Bertz CT molecular complexity index is 2620. The molecule has 3 aromatic rings. The number of nitrogens with zero attached hydrogens (tertiary/aromatic N) is 11. The fourth-order valence-electron chi connectivity index (χ4n) is 14.0. The van der Waals surface area contributed by atoms with Crippen LogP contribution in [0.25, 0.3) is 0 Å². The van der Waals surface area contributed by atoms with Gasteiger partial charge >= 0.3 is 23.7 Å². The summed E-state index contributed by atoms with van der Waals surface area (Å²) in [5.41, 5.74) is -0.688. The number of imidazole rings is 3. The lowest BCUT2D eigenvalue weighted by Gasteiger charge is -2.61. The summed E-state index contributed by atoms with van der Waals surface area (Å²) in [6, 6.07) is 1.43. The number of rotatable bonds is 7. The molecule has 3 amide bonds. The molecule has 84 heavy (non-hydrogen) atoms. The molecule has 0 unspecified atom stereocenters. The highest BCUT2D eigenvalue weighted by molar-refractivity contribution is 6.61. The molecule has 0 bridgehead atoms. The summed E-state index contributed by atoms with van der Waals surface area (Å²) >= 11 is 4.72. The number of ketones is 1. The average Bonchev–Trinajstić information content (AvgIpc) is 3.31. The molecule has 3 aliphatic carbocycles. The van der Waals surface area contributed by atoms with Crippen molar-refractivity contribution in [2.45, 2.75) is 173 Å². The van der Waals surface area contributed by atoms with Crippen LogP contribution in [0.2, 0.25) is 0 Å². The van der Waals surface area contributed by atoms with E-state index in [9.17, 15) is 24.0 Å². The monoisotopic (exact) mass is 1210 g/mol. The maximum atomic E-state index is 12.1. The van der Waals surface area contributed by atoms with Crippen molar-refractivity contribution < 1.29 is 42.9 Å². The van der Waals surface area contributed by atoms with Gasteiger partial charge in [-0.15, -0.1) is 12.4 Å². The zero-order chi connectivity index (χ0) is 59.9. The largest absolute Gasteiger partial charge is 0.454 e. The molecule has 6 saturated heterocycles. The van der Waals surface area contributed by atoms with Gasteiger partial charge in [0.15, 0.2) is 0 Å². The predicted octanol–water partition coefficient (Wildman–Crippen LogP) is 9.50. The lowest BCUT2D eigenvalue weighted by atomic mass is 9.60. The summed E-state index contributed by atoms with van der Waals surface area (Å²) in [4.78, 5) is 80.0. The molecule has 6 aliphatic heterocycles. The number of piperidine rings is 3. The predicted molar refractivity (Wildman–Crippen MR) is 323 cm³/mol. The first-order valence-corrected chi connectivity index (χ1v) is 31.0. The van der Waals surface area contributed by atoms with Crippen molar-refractivity contribution in [2.75, 3.05) is 91.8 Å². The second-order valence-corrected chi connectivity index (χ2v) is 27.6. The number of nitrogens with one attached hydrogen (secondary N) is 1. The van der Waals surface area contributed by atoms with E-state index < -0.39 is 16.6 Å². The number of Topliss-reactive ketones (excluding diaryl/α,β-unsaturated/α-hetero) is 1. The highest BCUT2D eigenvalue weighted by Crippen LogP contribution is 2.53. The number of carbonyl (C=O) groups excluding carboxylic acids is 5. The summed E-state index contributed by atoms with van der Waals surface area (Å²) in [6.45, 7) is 27.6. The quantitative estimate of drug-likeness (QED) is 0.173. The Morgan fingerprint density at radius 3 is 1.17 bits per heavy atom. The maximum absolute atomic E-state index is 12.1. The molecule has 0 aromatic carbocycles. The Balaban J connectivity index is 0.000000160. The van der Waals surface area contributed by atoms with Crippen LogP contribution in [-0.2, 0) is 44.9 Å². The van der Waals surface area contributed by atoms with Gasteiger partial charge in [-0.1, -0.05) is 0 Å². The van der Waals surface area contributed by atoms with E-state index in [1.54, 1.807) is 11.8 Å². The standard InChI is InChI=1S/C20H32N4O2.C18H28N4O2.C11H17NO3.C9H15N3.C3H5ClO2.ClH/c1-19(2,3)26-18(25)24-13-20(14-24)11-16(12-20)23-8-5-15(6-9-23)17-21-7-10-22(17)4;1-3-24-17(23)22-12-18(13-22)10-15(11-18)21-7-4-14(5-8-21)16-19-6-9-20(16)2;1-10(2,3)15-9(14)12-6-11(7-12)4-8(13)5-11;1-12-7-6-11-9(12)8-2-4-10-5-3-8;1-2-6-3(4)5;/h7,10,15-16H,5-6,8-9,11-14H2,1-4H3;6,9,14-15H,3-5,7-8,10-13H2,1-2H3;4-7H2,1-3H3;6-8,10H,2-5H2,1H3;2H2,1H3;1H. The topological polar surface area (TPSA) is 204 Å². The lowest BCUT2D eigenvalue weighted by Crippen LogP contribution is -2.68. The highest BCUT2D eigenvalue weighted by atomic mass is 35.5. The first kappa shape index (κ1) is 66.6. The summed E-state index contributed by atoms with van der Waals surface area (Å²) in [7, 11) is 6.26. The van der Waals surface area contributed by atoms with E-state index in [0.717, 1.165) is 45.3 Å². The van der Waals surface area contributed by atoms with Crippen molar-refractivity contribution in [1.29, 1.82) is 0 Å². The van der Waals surface area contributed by atoms with E-state index in [2.05, 4.69) is 69.6 Å². The van der Waals surface area contributed by atoms with Gasteiger partial charge in [-0.05, 0) is 159 Å². The molecule has 12 rings (SSSR count). The Kier molecular flexibility index (Phi) is 22.4. The van der Waals surface area contributed by atoms with Crippen LogP contribution in [-0.4, -0.2) is 198 Å². The zero-order valence-electron chi connectivity index (χ0n) is 52.1. The molecule has 3 saturated carbocycles. The highest BCUT2D eigenvalue weighted by Gasteiger charge is 2.57. The van der Waals surface area contributed by atoms with Crippen LogP contribution in [0.4, 0.5) is 19.2 Å². The molecular weight excluding hydrogens is 1120 g/mol. The number of ether oxygens (including phenoxy) is 4. The van der Waals surface area contributed by atoms with Crippen LogP contribution >= 0.6 is 24.0 Å². The summed E-state index contributed by atoms with van der Waals surface area (Å²) in [6.07, 6.45) is 24.8. The van der Waals surface area contributed by atoms with Crippen molar-refractivity contribution in [3.8, 4) is 0 Å². The number of carbonyl (C=O) groups is 5. The normalized spacial score (nSPS) is 22.8. The molecule has 0 atom stereocenters. The van der Waals surface area contributed by atoms with Crippen LogP contribution in [0.5, 0.6) is 0 Å². The molecule has 470 valence electrons. The van der Waals surface area contributed by atoms with Gasteiger partial charge in [0.1, 0.15) is 34.5 Å². The SMILES string of the molecule is CC(C)(C)OC(=O)N1CC2(CC(=O)C2)C1.CCOC(=O)Cl.CCOC(=O)N1CC2(CC(N3CCC(c4nccn4C)CC3)C2)C1.Cl.Cn1ccnc1C1CCN(C2CC3(C2)CN(C(=O)OC(C)(C)C)C3)CC1.Cn1ccnc1C1CCNCC1. The van der Waals surface area contributed by atoms with Gasteiger partial charge in [-0.3, -0.25) is 4.79 Å². The fourth-order valence-corrected chi connectivity index (χ4v) is 14.1. The van der Waals surface area contributed by atoms with Crippen LogP contribution < -0.4 is 5.32 Å². The van der Waals surface area contributed by atoms with Crippen molar-refractivity contribution in [2.24, 2.45) is 37.4 Å². The summed E-state index contributed by atoms with van der Waals surface area (Å²) in [5.74, 6) is 5.93. The number of amides is 3. The van der Waals surface area contributed by atoms with Crippen LogP contribution in [0, 0.1) is 16.2 Å². The Hall–Kier alpha value is -4.96. The van der Waals surface area contributed by atoms with Gasteiger partial charge in [-0.25, -0.2) is 34.1 Å². The summed E-state index contributed by atoms with van der Waals surface area (Å²) in [5, 5.41) is 3.36. The minimum absolute atomic E-state index is 0. The van der Waals surface area contributed by atoms with E-state index in [4.69, 9.17) is 25.8 Å². The maximum Gasteiger partial charge on any atom is 0.410 e. The second kappa shape index (κ2) is 28.3. The van der Waals surface area contributed by atoms with E-state index in [1.165, 1.54) is 108 Å². The summed E-state index contributed by atoms with van der Waals surface area (Å²) < 4.78 is 26.4. The zero-order valence-corrected chi connectivity index (χ0v) is 53.7. The van der Waals surface area contributed by atoms with Gasteiger partial charge in [0.05, 0.1) is 13.2 Å². The first-order chi connectivity index (χ1) is 39.3. The average molecular weight is 1210 g/mol. The molecule has 0 radical (unpaired) electrons. The molecule has 9 aliphatic rings.